The van der Waals surface area contributed by atoms with E-state index in [0.29, 0.717) is 6.61 Å². The Morgan fingerprint density at radius 2 is 2.07 bits per heavy atom. The predicted molar refractivity (Wildman–Crippen MR) is 59.0 cm³/mol. The van der Waals surface area contributed by atoms with Gasteiger partial charge in [0.1, 0.15) is 0 Å². The fraction of sp³-hybridized carbons (Fsp3) is 0.250. The lowest BCUT2D eigenvalue weighted by molar-refractivity contribution is 0.181. The molecule has 0 fully saturated rings. The van der Waals surface area contributed by atoms with Crippen molar-refractivity contribution in [3.63, 3.8) is 0 Å². The third-order valence-electron chi connectivity index (χ3n) is 2.30. The molecule has 0 saturated heterocycles. The Kier molecular flexibility index (Phi) is 2.83. The molecule has 0 unspecified atom stereocenters. The van der Waals surface area contributed by atoms with Crippen LogP contribution in [0, 0.1) is 6.92 Å². The van der Waals surface area contributed by atoms with Gasteiger partial charge in [0.05, 0.1) is 18.0 Å². The molecule has 1 aromatic carbocycles. The second-order valence-corrected chi connectivity index (χ2v) is 3.47. The maximum atomic E-state index is 5.03. The number of rotatable bonds is 3. The Morgan fingerprint density at radius 3 is 2.80 bits per heavy atom. The lowest BCUT2D eigenvalue weighted by Gasteiger charge is -2.04. The number of methoxy groups -OCH3 is 1. The van der Waals surface area contributed by atoms with Gasteiger partial charge in [0, 0.05) is 13.3 Å². The Labute approximate surface area is 89.3 Å². The van der Waals surface area contributed by atoms with Gasteiger partial charge in [-0.1, -0.05) is 18.2 Å². The summed E-state index contributed by atoms with van der Waals surface area (Å²) in [6.45, 7) is 2.63. The summed E-state index contributed by atoms with van der Waals surface area (Å²) in [4.78, 5) is 0. The highest BCUT2D eigenvalue weighted by atomic mass is 16.5. The molecule has 0 radical (unpaired) electrons. The van der Waals surface area contributed by atoms with Crippen LogP contribution in [0.4, 0.5) is 0 Å². The molecule has 3 heteroatoms. The molecule has 0 atom stereocenters. The molecule has 1 aromatic heterocycles. The van der Waals surface area contributed by atoms with E-state index < -0.39 is 0 Å². The molecule has 0 aliphatic heterocycles. The first-order chi connectivity index (χ1) is 7.31. The van der Waals surface area contributed by atoms with Crippen molar-refractivity contribution in [2.24, 2.45) is 0 Å². The Bertz CT molecular complexity index is 448. The standard InChI is InChI=1S/C12H14N2O/c1-10-5-3-4-6-12(10)14-8-7-11(13-14)9-15-2/h3-8H,9H2,1-2H3. The van der Waals surface area contributed by atoms with E-state index in [1.165, 1.54) is 5.56 Å². The predicted octanol–water partition coefficient (Wildman–Crippen LogP) is 2.33. The highest BCUT2D eigenvalue weighted by Gasteiger charge is 2.02. The first kappa shape index (κ1) is 9.93. The van der Waals surface area contributed by atoms with Crippen molar-refractivity contribution in [1.29, 1.82) is 0 Å². The topological polar surface area (TPSA) is 27.1 Å². The second kappa shape index (κ2) is 4.28. The van der Waals surface area contributed by atoms with E-state index >= 15 is 0 Å². The number of hydrogen-bond donors (Lipinski definition) is 0. The summed E-state index contributed by atoms with van der Waals surface area (Å²) in [5.74, 6) is 0. The Hall–Kier alpha value is -1.61. The average molecular weight is 202 g/mol. The summed E-state index contributed by atoms with van der Waals surface area (Å²) in [5.41, 5.74) is 3.27. The normalized spacial score (nSPS) is 10.5. The van der Waals surface area contributed by atoms with Crippen LogP contribution in [0.1, 0.15) is 11.3 Å². The van der Waals surface area contributed by atoms with Crippen molar-refractivity contribution in [3.05, 3.63) is 47.8 Å². The van der Waals surface area contributed by atoms with E-state index in [0.717, 1.165) is 11.4 Å². The summed E-state index contributed by atoms with van der Waals surface area (Å²) >= 11 is 0. The van der Waals surface area contributed by atoms with Crippen LogP contribution in [0.25, 0.3) is 5.69 Å². The fourth-order valence-electron chi connectivity index (χ4n) is 1.54. The smallest absolute Gasteiger partial charge is 0.0902 e. The number of para-hydroxylation sites is 1. The molecule has 2 rings (SSSR count). The van der Waals surface area contributed by atoms with Crippen molar-refractivity contribution in [2.45, 2.75) is 13.5 Å². The van der Waals surface area contributed by atoms with E-state index in [1.807, 2.05) is 29.1 Å². The molecule has 0 bridgehead atoms. The molecule has 2 aromatic rings. The monoisotopic (exact) mass is 202 g/mol. The summed E-state index contributed by atoms with van der Waals surface area (Å²) < 4.78 is 6.91. The number of benzene rings is 1. The molecule has 78 valence electrons. The first-order valence-electron chi connectivity index (χ1n) is 4.91. The molecule has 0 saturated carbocycles. The molecule has 1 heterocycles. The van der Waals surface area contributed by atoms with Gasteiger partial charge in [0.15, 0.2) is 0 Å². The highest BCUT2D eigenvalue weighted by molar-refractivity contribution is 5.39. The van der Waals surface area contributed by atoms with E-state index in [9.17, 15) is 0 Å². The Balaban J connectivity index is 2.33. The number of ether oxygens (including phenoxy) is 1. The van der Waals surface area contributed by atoms with Crippen LogP contribution in [-0.2, 0) is 11.3 Å². The quantitative estimate of drug-likeness (QED) is 0.763. The van der Waals surface area contributed by atoms with E-state index in [1.54, 1.807) is 7.11 Å². The van der Waals surface area contributed by atoms with Crippen molar-refractivity contribution in [2.75, 3.05) is 7.11 Å². The molecule has 0 spiro atoms. The SMILES string of the molecule is COCc1ccn(-c2ccccc2C)n1. The minimum atomic E-state index is 0.554. The molecule has 0 aliphatic carbocycles. The maximum Gasteiger partial charge on any atom is 0.0902 e. The zero-order valence-electron chi connectivity index (χ0n) is 8.97. The number of aryl methyl sites for hydroxylation is 1. The van der Waals surface area contributed by atoms with Gasteiger partial charge in [-0.15, -0.1) is 0 Å². The van der Waals surface area contributed by atoms with Crippen molar-refractivity contribution < 1.29 is 4.74 Å². The molecular weight excluding hydrogens is 188 g/mol. The van der Waals surface area contributed by atoms with Gasteiger partial charge in [0.25, 0.3) is 0 Å². The minimum Gasteiger partial charge on any atom is -0.378 e. The van der Waals surface area contributed by atoms with E-state index in [4.69, 9.17) is 4.74 Å². The second-order valence-electron chi connectivity index (χ2n) is 3.47. The van der Waals surface area contributed by atoms with E-state index in [-0.39, 0.29) is 0 Å². The van der Waals surface area contributed by atoms with Crippen LogP contribution in [-0.4, -0.2) is 16.9 Å². The molecule has 3 nitrogen and oxygen atoms in total. The van der Waals surface area contributed by atoms with Crippen LogP contribution >= 0.6 is 0 Å². The van der Waals surface area contributed by atoms with Crippen LogP contribution in [0.2, 0.25) is 0 Å². The van der Waals surface area contributed by atoms with Crippen molar-refractivity contribution >= 4 is 0 Å². The molecular formula is C12H14N2O. The van der Waals surface area contributed by atoms with Crippen LogP contribution < -0.4 is 0 Å². The third-order valence-corrected chi connectivity index (χ3v) is 2.30. The largest absolute Gasteiger partial charge is 0.378 e. The summed E-state index contributed by atoms with van der Waals surface area (Å²) in [7, 11) is 1.67. The molecule has 0 amide bonds. The summed E-state index contributed by atoms with van der Waals surface area (Å²) in [6.07, 6.45) is 1.96. The van der Waals surface area contributed by atoms with E-state index in [2.05, 4.69) is 24.2 Å². The summed E-state index contributed by atoms with van der Waals surface area (Å²) in [5, 5.41) is 4.42. The van der Waals surface area contributed by atoms with Crippen molar-refractivity contribution in [3.8, 4) is 5.69 Å². The van der Waals surface area contributed by atoms with Gasteiger partial charge >= 0.3 is 0 Å². The van der Waals surface area contributed by atoms with Gasteiger partial charge in [-0.3, -0.25) is 0 Å². The third kappa shape index (κ3) is 2.07. The molecule has 15 heavy (non-hydrogen) atoms. The maximum absolute atomic E-state index is 5.03. The van der Waals surface area contributed by atoms with Crippen molar-refractivity contribution in [1.82, 2.24) is 9.78 Å². The van der Waals surface area contributed by atoms with Crippen LogP contribution in [0.3, 0.4) is 0 Å². The van der Waals surface area contributed by atoms with Gasteiger partial charge in [-0.2, -0.15) is 5.10 Å². The van der Waals surface area contributed by atoms with Crippen LogP contribution in [0.15, 0.2) is 36.5 Å². The minimum absolute atomic E-state index is 0.554. The van der Waals surface area contributed by atoms with Gasteiger partial charge in [0.2, 0.25) is 0 Å². The highest BCUT2D eigenvalue weighted by Crippen LogP contribution is 2.12. The molecule has 0 aliphatic rings. The lowest BCUT2D eigenvalue weighted by atomic mass is 10.2. The zero-order chi connectivity index (χ0) is 10.7. The fourth-order valence-corrected chi connectivity index (χ4v) is 1.54. The van der Waals surface area contributed by atoms with Gasteiger partial charge in [-0.25, -0.2) is 4.68 Å². The number of nitrogens with zero attached hydrogens (tertiary/aromatic N) is 2. The molecule has 0 N–H and O–H groups in total. The van der Waals surface area contributed by atoms with Gasteiger partial charge in [-0.05, 0) is 24.6 Å². The number of aromatic nitrogens is 2. The number of hydrogen-bond acceptors (Lipinski definition) is 2. The van der Waals surface area contributed by atoms with Gasteiger partial charge < -0.3 is 4.74 Å². The van der Waals surface area contributed by atoms with Crippen LogP contribution in [0.5, 0.6) is 0 Å². The zero-order valence-corrected chi connectivity index (χ0v) is 8.97. The summed E-state index contributed by atoms with van der Waals surface area (Å²) in [6, 6.07) is 10.1. The first-order valence-corrected chi connectivity index (χ1v) is 4.91. The Morgan fingerprint density at radius 1 is 1.27 bits per heavy atom. The average Bonchev–Trinajstić information content (AvgIpc) is 2.68. The lowest BCUT2D eigenvalue weighted by Crippen LogP contribution is -1.98.